The highest BCUT2D eigenvalue weighted by Gasteiger charge is 2.40. The van der Waals surface area contributed by atoms with Gasteiger partial charge in [0.1, 0.15) is 25.4 Å². The summed E-state index contributed by atoms with van der Waals surface area (Å²) in [5.41, 5.74) is 0. The van der Waals surface area contributed by atoms with Crippen molar-refractivity contribution in [3.63, 3.8) is 0 Å². The molecule has 21 heavy (non-hydrogen) atoms. The number of esters is 2. The molecule has 7 nitrogen and oxygen atoms in total. The molecule has 0 aromatic carbocycles. The number of hydrogen-bond acceptors (Lipinski definition) is 7. The van der Waals surface area contributed by atoms with Crippen LogP contribution in [0.15, 0.2) is 0 Å². The molecule has 0 aliphatic carbocycles. The van der Waals surface area contributed by atoms with E-state index < -0.39 is 11.9 Å². The molecule has 0 radical (unpaired) electrons. The lowest BCUT2D eigenvalue weighted by Crippen LogP contribution is -2.25. The molecular formula is C14H20O7. The van der Waals surface area contributed by atoms with Crippen molar-refractivity contribution in [3.05, 3.63) is 0 Å². The summed E-state index contributed by atoms with van der Waals surface area (Å²) in [5.74, 6) is -1.30. The molecule has 0 N–H and O–H groups in total. The van der Waals surface area contributed by atoms with E-state index in [9.17, 15) is 9.59 Å². The van der Waals surface area contributed by atoms with E-state index in [-0.39, 0.29) is 50.0 Å². The third-order valence-electron chi connectivity index (χ3n) is 3.75. The fourth-order valence-electron chi connectivity index (χ4n) is 2.09. The molecule has 3 rings (SSSR count). The Labute approximate surface area is 122 Å². The Morgan fingerprint density at radius 2 is 1.71 bits per heavy atom. The maximum atomic E-state index is 12.1. The second-order valence-electron chi connectivity index (χ2n) is 5.74. The van der Waals surface area contributed by atoms with Crippen molar-refractivity contribution in [1.82, 2.24) is 0 Å². The van der Waals surface area contributed by atoms with Gasteiger partial charge in [-0.25, -0.2) is 0 Å². The van der Waals surface area contributed by atoms with Crippen molar-refractivity contribution in [2.75, 3.05) is 26.4 Å². The highest BCUT2D eigenvalue weighted by Crippen LogP contribution is 2.30. The van der Waals surface area contributed by atoms with E-state index in [2.05, 4.69) is 0 Å². The maximum Gasteiger partial charge on any atom is 0.309 e. The maximum absolute atomic E-state index is 12.1. The van der Waals surface area contributed by atoms with Crippen LogP contribution in [0.1, 0.15) is 19.8 Å². The summed E-state index contributed by atoms with van der Waals surface area (Å²) >= 11 is 0. The fourth-order valence-corrected chi connectivity index (χ4v) is 2.09. The molecule has 3 saturated heterocycles. The van der Waals surface area contributed by atoms with Crippen LogP contribution in [0.5, 0.6) is 0 Å². The van der Waals surface area contributed by atoms with Gasteiger partial charge in [0.2, 0.25) is 0 Å². The first-order chi connectivity index (χ1) is 10.1. The summed E-state index contributed by atoms with van der Waals surface area (Å²) in [6.45, 7) is 3.71. The Morgan fingerprint density at radius 3 is 2.24 bits per heavy atom. The van der Waals surface area contributed by atoms with Crippen molar-refractivity contribution < 1.29 is 33.3 Å². The molecule has 0 bridgehead atoms. The van der Waals surface area contributed by atoms with Crippen LogP contribution < -0.4 is 0 Å². The predicted octanol–water partition coefficient (Wildman–Crippen LogP) is 0.0541. The lowest BCUT2D eigenvalue weighted by molar-refractivity contribution is -0.156. The second kappa shape index (κ2) is 6.29. The molecule has 5 atom stereocenters. The molecule has 7 heteroatoms. The summed E-state index contributed by atoms with van der Waals surface area (Å²) in [5, 5.41) is 0. The van der Waals surface area contributed by atoms with Crippen LogP contribution in [-0.4, -0.2) is 62.8 Å². The van der Waals surface area contributed by atoms with Crippen LogP contribution in [-0.2, 0) is 33.3 Å². The number of epoxide rings is 3. The smallest absolute Gasteiger partial charge is 0.309 e. The Hall–Kier alpha value is -1.18. The van der Waals surface area contributed by atoms with Crippen molar-refractivity contribution in [1.29, 1.82) is 0 Å². The van der Waals surface area contributed by atoms with E-state index in [1.165, 1.54) is 0 Å². The van der Waals surface area contributed by atoms with Gasteiger partial charge in [0.15, 0.2) is 0 Å². The van der Waals surface area contributed by atoms with Crippen LogP contribution in [0.4, 0.5) is 0 Å². The third kappa shape index (κ3) is 4.94. The Bertz CT molecular complexity index is 402. The standard InChI is InChI=1S/C14H20O7/c1-8-12(21-8)2-9(14(16)20-7-11-5-18-11)3-13(15)19-6-10-4-17-10/h8-12H,2-7H2,1H3. The molecule has 0 aromatic heterocycles. The minimum Gasteiger partial charge on any atom is -0.463 e. The molecule has 0 saturated carbocycles. The first-order valence-electron chi connectivity index (χ1n) is 7.32. The zero-order valence-electron chi connectivity index (χ0n) is 12.0. The largest absolute Gasteiger partial charge is 0.463 e. The van der Waals surface area contributed by atoms with Crippen molar-refractivity contribution in [2.24, 2.45) is 5.92 Å². The number of carbonyl (C=O) groups is 2. The number of carbonyl (C=O) groups excluding carboxylic acids is 2. The number of rotatable bonds is 9. The Balaban J connectivity index is 1.44. The van der Waals surface area contributed by atoms with Gasteiger partial charge in [-0.05, 0) is 13.3 Å². The Morgan fingerprint density at radius 1 is 1.14 bits per heavy atom. The SMILES string of the molecule is CC1OC1CC(CC(=O)OCC1CO1)C(=O)OCC1CO1. The molecule has 0 spiro atoms. The highest BCUT2D eigenvalue weighted by molar-refractivity contribution is 5.80. The molecule has 5 unspecified atom stereocenters. The predicted molar refractivity (Wildman–Crippen MR) is 68.5 cm³/mol. The minimum absolute atomic E-state index is 0.0175. The topological polar surface area (TPSA) is 90.2 Å². The highest BCUT2D eigenvalue weighted by atomic mass is 16.6. The van der Waals surface area contributed by atoms with E-state index in [0.717, 1.165) is 0 Å². The second-order valence-corrected chi connectivity index (χ2v) is 5.74. The quantitative estimate of drug-likeness (QED) is 0.439. The van der Waals surface area contributed by atoms with E-state index in [1.54, 1.807) is 0 Å². The van der Waals surface area contributed by atoms with Crippen LogP contribution in [0.25, 0.3) is 0 Å². The van der Waals surface area contributed by atoms with Gasteiger partial charge in [-0.1, -0.05) is 0 Å². The van der Waals surface area contributed by atoms with Gasteiger partial charge in [0, 0.05) is 0 Å². The van der Waals surface area contributed by atoms with Gasteiger partial charge in [-0.15, -0.1) is 0 Å². The Kier molecular flexibility index (Phi) is 4.42. The average Bonchev–Trinajstić information content (AvgIpc) is 3.31. The van der Waals surface area contributed by atoms with Gasteiger partial charge in [0.25, 0.3) is 0 Å². The first-order valence-corrected chi connectivity index (χ1v) is 7.32. The molecule has 3 aliphatic rings. The lowest BCUT2D eigenvalue weighted by atomic mass is 9.98. The van der Waals surface area contributed by atoms with Gasteiger partial charge in [0.05, 0.1) is 37.8 Å². The van der Waals surface area contributed by atoms with E-state index in [1.807, 2.05) is 6.92 Å². The summed E-state index contributed by atoms with van der Waals surface area (Å²) in [6, 6.07) is 0. The number of hydrogen-bond donors (Lipinski definition) is 0. The van der Waals surface area contributed by atoms with Crippen LogP contribution in [0.2, 0.25) is 0 Å². The van der Waals surface area contributed by atoms with Crippen LogP contribution in [0.3, 0.4) is 0 Å². The van der Waals surface area contributed by atoms with Gasteiger partial charge >= 0.3 is 11.9 Å². The normalized spacial score (nSPS) is 34.0. The molecule has 118 valence electrons. The van der Waals surface area contributed by atoms with E-state index >= 15 is 0 Å². The van der Waals surface area contributed by atoms with Gasteiger partial charge < -0.3 is 23.7 Å². The number of ether oxygens (including phenoxy) is 5. The molecule has 0 amide bonds. The van der Waals surface area contributed by atoms with E-state index in [4.69, 9.17) is 23.7 Å². The first kappa shape index (κ1) is 14.7. The van der Waals surface area contributed by atoms with Crippen molar-refractivity contribution in [2.45, 2.75) is 44.2 Å². The monoisotopic (exact) mass is 300 g/mol. The zero-order valence-corrected chi connectivity index (χ0v) is 12.0. The molecule has 3 heterocycles. The molecular weight excluding hydrogens is 280 g/mol. The molecule has 3 aliphatic heterocycles. The van der Waals surface area contributed by atoms with Crippen LogP contribution in [0, 0.1) is 5.92 Å². The van der Waals surface area contributed by atoms with Crippen LogP contribution >= 0.6 is 0 Å². The average molecular weight is 300 g/mol. The molecule has 0 aromatic rings. The summed E-state index contributed by atoms with van der Waals surface area (Å²) in [7, 11) is 0. The van der Waals surface area contributed by atoms with Gasteiger partial charge in [-0.3, -0.25) is 9.59 Å². The van der Waals surface area contributed by atoms with E-state index in [0.29, 0.717) is 19.6 Å². The van der Waals surface area contributed by atoms with Gasteiger partial charge in [-0.2, -0.15) is 0 Å². The summed E-state index contributed by atoms with van der Waals surface area (Å²) < 4.78 is 25.5. The van der Waals surface area contributed by atoms with Crippen molar-refractivity contribution in [3.8, 4) is 0 Å². The lowest BCUT2D eigenvalue weighted by Gasteiger charge is -2.14. The summed E-state index contributed by atoms with van der Waals surface area (Å²) in [4.78, 5) is 23.8. The molecule has 3 fully saturated rings. The fraction of sp³-hybridized carbons (Fsp3) is 0.857. The van der Waals surface area contributed by atoms with Crippen molar-refractivity contribution >= 4 is 11.9 Å². The summed E-state index contributed by atoms with van der Waals surface area (Å²) in [6.07, 6.45) is 0.717. The minimum atomic E-state index is -0.522. The third-order valence-corrected chi connectivity index (χ3v) is 3.75. The zero-order chi connectivity index (χ0) is 14.8.